The predicted molar refractivity (Wildman–Crippen MR) is 90.0 cm³/mol. The van der Waals surface area contributed by atoms with Gasteiger partial charge in [-0.25, -0.2) is 0 Å². The zero-order valence-electron chi connectivity index (χ0n) is 12.7. The summed E-state index contributed by atoms with van der Waals surface area (Å²) in [4.78, 5) is -0.148. The molecular weight excluding hydrogens is 264 g/mol. The van der Waals surface area contributed by atoms with Gasteiger partial charge in [0.15, 0.2) is 0 Å². The van der Waals surface area contributed by atoms with Crippen molar-refractivity contribution in [1.82, 2.24) is 0 Å². The van der Waals surface area contributed by atoms with Crippen LogP contribution in [0, 0.1) is 0 Å². The highest BCUT2D eigenvalue weighted by Crippen LogP contribution is 2.41. The van der Waals surface area contributed by atoms with Crippen LogP contribution in [0.4, 0.5) is 0 Å². The van der Waals surface area contributed by atoms with Gasteiger partial charge in [-0.15, -0.1) is 11.8 Å². The molecule has 20 heavy (non-hydrogen) atoms. The van der Waals surface area contributed by atoms with Crippen LogP contribution in [-0.2, 0) is 4.74 Å². The van der Waals surface area contributed by atoms with Gasteiger partial charge in [-0.3, -0.25) is 0 Å². The topological polar surface area (TPSA) is 9.23 Å². The number of unbranched alkanes of at least 4 members (excludes halogenated alkanes) is 3. The lowest BCUT2D eigenvalue weighted by molar-refractivity contribution is 0.0931. The van der Waals surface area contributed by atoms with E-state index in [1.165, 1.54) is 37.7 Å². The van der Waals surface area contributed by atoms with Gasteiger partial charge in [0.2, 0.25) is 0 Å². The van der Waals surface area contributed by atoms with Gasteiger partial charge in [0, 0.05) is 5.25 Å². The molecule has 0 radical (unpaired) electrons. The van der Waals surface area contributed by atoms with E-state index in [9.17, 15) is 0 Å². The molecule has 1 aromatic rings. The molecule has 2 atom stereocenters. The number of rotatable bonds is 7. The predicted octanol–water partition coefficient (Wildman–Crippen LogP) is 5.52. The molecule has 0 aliphatic carbocycles. The van der Waals surface area contributed by atoms with Crippen molar-refractivity contribution in [3.05, 3.63) is 42.0 Å². The molecule has 0 aromatic heterocycles. The summed E-state index contributed by atoms with van der Waals surface area (Å²) < 4.78 is 6.01. The first kappa shape index (κ1) is 15.7. The Bertz CT molecular complexity index is 415. The second-order valence-corrected chi connectivity index (χ2v) is 7.37. The molecule has 2 rings (SSSR count). The first-order valence-electron chi connectivity index (χ1n) is 7.78. The van der Waals surface area contributed by atoms with E-state index in [-0.39, 0.29) is 4.93 Å². The third-order valence-electron chi connectivity index (χ3n) is 3.71. The molecule has 0 saturated carbocycles. The quantitative estimate of drug-likeness (QED) is 0.612. The molecule has 2 heteroatoms. The van der Waals surface area contributed by atoms with Crippen LogP contribution in [0.2, 0.25) is 0 Å². The van der Waals surface area contributed by atoms with Crippen molar-refractivity contribution in [2.75, 3.05) is 6.61 Å². The second-order valence-electron chi connectivity index (χ2n) is 5.66. The summed E-state index contributed by atoms with van der Waals surface area (Å²) in [5, 5.41) is 0.664. The molecule has 1 aliphatic rings. The van der Waals surface area contributed by atoms with Crippen molar-refractivity contribution in [3.63, 3.8) is 0 Å². The Kier molecular flexibility index (Phi) is 6.18. The van der Waals surface area contributed by atoms with Crippen LogP contribution < -0.4 is 0 Å². The van der Waals surface area contributed by atoms with Gasteiger partial charge in [-0.05, 0) is 25.0 Å². The van der Waals surface area contributed by atoms with Gasteiger partial charge in [0.05, 0.1) is 6.61 Å². The fraction of sp³-hybridized carbons (Fsp3) is 0.556. The van der Waals surface area contributed by atoms with Crippen molar-refractivity contribution in [1.29, 1.82) is 0 Å². The number of hydrogen-bond acceptors (Lipinski definition) is 2. The van der Waals surface area contributed by atoms with E-state index in [0.717, 1.165) is 6.61 Å². The number of benzene rings is 1. The van der Waals surface area contributed by atoms with Gasteiger partial charge in [-0.2, -0.15) is 0 Å². The van der Waals surface area contributed by atoms with Crippen LogP contribution in [-0.4, -0.2) is 16.8 Å². The van der Waals surface area contributed by atoms with Gasteiger partial charge < -0.3 is 4.74 Å². The fourth-order valence-electron chi connectivity index (χ4n) is 2.50. The van der Waals surface area contributed by atoms with Crippen LogP contribution in [0.25, 0.3) is 6.08 Å². The van der Waals surface area contributed by atoms with Crippen LogP contribution in [0.3, 0.4) is 0 Å². The van der Waals surface area contributed by atoms with Crippen molar-refractivity contribution in [3.8, 4) is 0 Å². The zero-order chi connectivity index (χ0) is 14.3. The summed E-state index contributed by atoms with van der Waals surface area (Å²) in [5.41, 5.74) is 1.24. The minimum atomic E-state index is -0.148. The van der Waals surface area contributed by atoms with E-state index < -0.39 is 0 Å². The van der Waals surface area contributed by atoms with E-state index in [1.807, 2.05) is 17.8 Å². The monoisotopic (exact) mass is 290 g/mol. The molecule has 1 heterocycles. The molecule has 1 aliphatic heterocycles. The molecule has 0 amide bonds. The third kappa shape index (κ3) is 4.99. The highest BCUT2D eigenvalue weighted by Gasteiger charge is 2.34. The maximum Gasteiger partial charge on any atom is 0.130 e. The van der Waals surface area contributed by atoms with E-state index in [2.05, 4.69) is 50.3 Å². The fourth-order valence-corrected chi connectivity index (χ4v) is 3.86. The first-order chi connectivity index (χ1) is 9.72. The van der Waals surface area contributed by atoms with Crippen molar-refractivity contribution < 1.29 is 4.74 Å². The zero-order valence-corrected chi connectivity index (χ0v) is 13.5. The maximum atomic E-state index is 6.01. The molecule has 0 bridgehead atoms. The van der Waals surface area contributed by atoms with Crippen LogP contribution in [0.1, 0.15) is 51.5 Å². The Labute approximate surface area is 127 Å². The smallest absolute Gasteiger partial charge is 0.130 e. The average molecular weight is 290 g/mol. The Morgan fingerprint density at radius 1 is 1.25 bits per heavy atom. The van der Waals surface area contributed by atoms with Crippen molar-refractivity contribution in [2.45, 2.75) is 56.1 Å². The highest BCUT2D eigenvalue weighted by atomic mass is 32.2. The molecular formula is C18H26OS. The van der Waals surface area contributed by atoms with Crippen LogP contribution in [0.15, 0.2) is 36.4 Å². The molecule has 0 N–H and O–H groups in total. The molecule has 1 saturated heterocycles. The van der Waals surface area contributed by atoms with E-state index >= 15 is 0 Å². The Morgan fingerprint density at radius 3 is 2.80 bits per heavy atom. The summed E-state index contributed by atoms with van der Waals surface area (Å²) >= 11 is 1.98. The third-order valence-corrected chi connectivity index (χ3v) is 5.14. The molecule has 0 spiro atoms. The van der Waals surface area contributed by atoms with Crippen molar-refractivity contribution >= 4 is 17.8 Å². The summed E-state index contributed by atoms with van der Waals surface area (Å²) in [7, 11) is 0. The molecule has 110 valence electrons. The number of ether oxygens (including phenoxy) is 1. The summed E-state index contributed by atoms with van der Waals surface area (Å²) in [6, 6.07) is 10.4. The lowest BCUT2D eigenvalue weighted by Gasteiger charge is -2.17. The normalized spacial score (nSPS) is 26.4. The van der Waals surface area contributed by atoms with Gasteiger partial charge >= 0.3 is 0 Å². The molecule has 1 fully saturated rings. The second kappa shape index (κ2) is 7.90. The van der Waals surface area contributed by atoms with Gasteiger partial charge in [0.1, 0.15) is 4.93 Å². The maximum absolute atomic E-state index is 6.01. The van der Waals surface area contributed by atoms with Crippen LogP contribution in [0.5, 0.6) is 0 Å². The lowest BCUT2D eigenvalue weighted by Crippen LogP contribution is -2.14. The van der Waals surface area contributed by atoms with E-state index in [1.54, 1.807) is 0 Å². The SMILES string of the molecule is CCCCCCC1COC(C)(/C=C/c2ccccc2)S1. The highest BCUT2D eigenvalue weighted by molar-refractivity contribution is 8.01. The summed E-state index contributed by atoms with van der Waals surface area (Å²) in [6.07, 6.45) is 11.1. The first-order valence-corrected chi connectivity index (χ1v) is 8.66. The summed E-state index contributed by atoms with van der Waals surface area (Å²) in [5.74, 6) is 0. The average Bonchev–Trinajstić information content (AvgIpc) is 2.85. The largest absolute Gasteiger partial charge is 0.360 e. The van der Waals surface area contributed by atoms with Crippen molar-refractivity contribution in [2.24, 2.45) is 0 Å². The minimum absolute atomic E-state index is 0.148. The Hall–Kier alpha value is -0.730. The standard InChI is InChI=1S/C18H26OS/c1-3-4-5-9-12-17-15-19-18(2,20-17)14-13-16-10-7-6-8-11-16/h6-8,10-11,13-14,17H,3-5,9,12,15H2,1-2H3/b14-13+. The van der Waals surface area contributed by atoms with E-state index in [4.69, 9.17) is 4.74 Å². The molecule has 1 nitrogen and oxygen atoms in total. The Morgan fingerprint density at radius 2 is 2.05 bits per heavy atom. The Balaban J connectivity index is 1.79. The minimum Gasteiger partial charge on any atom is -0.360 e. The lowest BCUT2D eigenvalue weighted by atomic mass is 10.1. The van der Waals surface area contributed by atoms with Crippen LogP contribution >= 0.6 is 11.8 Å². The summed E-state index contributed by atoms with van der Waals surface area (Å²) in [6.45, 7) is 5.34. The number of hydrogen-bond donors (Lipinski definition) is 0. The molecule has 1 aromatic carbocycles. The van der Waals surface area contributed by atoms with E-state index in [0.29, 0.717) is 5.25 Å². The van der Waals surface area contributed by atoms with Gasteiger partial charge in [-0.1, -0.05) is 69.0 Å². The number of thioether (sulfide) groups is 1. The van der Waals surface area contributed by atoms with Gasteiger partial charge in [0.25, 0.3) is 0 Å². The molecule has 2 unspecified atom stereocenters.